The molecule has 25 heavy (non-hydrogen) atoms. The first-order valence-corrected chi connectivity index (χ1v) is 8.52. The second kappa shape index (κ2) is 9.03. The number of methoxy groups -OCH3 is 1. The number of hydrogen-bond donors (Lipinski definition) is 1. The molecule has 0 fully saturated rings. The topological polar surface area (TPSA) is 86.8 Å². The molecule has 0 unspecified atom stereocenters. The van der Waals surface area contributed by atoms with Gasteiger partial charge in [0.25, 0.3) is 5.91 Å². The van der Waals surface area contributed by atoms with Gasteiger partial charge in [-0.15, -0.1) is 11.3 Å². The van der Waals surface area contributed by atoms with E-state index in [2.05, 4.69) is 15.0 Å². The number of esters is 1. The van der Waals surface area contributed by atoms with Crippen molar-refractivity contribution >= 4 is 28.3 Å². The number of anilines is 1. The van der Waals surface area contributed by atoms with Crippen molar-refractivity contribution in [3.05, 3.63) is 34.8 Å². The van der Waals surface area contributed by atoms with Crippen LogP contribution >= 0.6 is 11.3 Å². The third-order valence-electron chi connectivity index (χ3n) is 3.18. The van der Waals surface area contributed by atoms with E-state index in [1.165, 1.54) is 18.4 Å². The fourth-order valence-corrected chi connectivity index (χ4v) is 2.92. The van der Waals surface area contributed by atoms with Crippen LogP contribution in [0.25, 0.3) is 0 Å². The van der Waals surface area contributed by atoms with Gasteiger partial charge in [-0.1, -0.05) is 0 Å². The van der Waals surface area contributed by atoms with Gasteiger partial charge in [0.2, 0.25) is 0 Å². The summed E-state index contributed by atoms with van der Waals surface area (Å²) in [6.07, 6.45) is 0.137. The highest BCUT2D eigenvalue weighted by atomic mass is 32.1. The van der Waals surface area contributed by atoms with Crippen LogP contribution in [0.5, 0.6) is 11.5 Å². The SMILES string of the molecule is CCOc1ccc(OCC(=O)Nc2nc(C)c(CC(=O)OC)s2)cc1. The van der Waals surface area contributed by atoms with Crippen molar-refractivity contribution in [2.75, 3.05) is 25.6 Å². The first kappa shape index (κ1) is 18.7. The summed E-state index contributed by atoms with van der Waals surface area (Å²) in [4.78, 5) is 28.3. The third-order valence-corrected chi connectivity index (χ3v) is 4.25. The molecule has 0 spiro atoms. The third kappa shape index (κ3) is 5.75. The van der Waals surface area contributed by atoms with Crippen molar-refractivity contribution in [3.63, 3.8) is 0 Å². The fraction of sp³-hybridized carbons (Fsp3) is 0.353. The van der Waals surface area contributed by atoms with E-state index in [-0.39, 0.29) is 24.9 Å². The molecule has 0 aliphatic rings. The molecule has 0 atom stereocenters. The molecule has 134 valence electrons. The highest BCUT2D eigenvalue weighted by Gasteiger charge is 2.14. The molecule has 1 amide bonds. The van der Waals surface area contributed by atoms with Crippen LogP contribution < -0.4 is 14.8 Å². The number of hydrogen-bond acceptors (Lipinski definition) is 7. The van der Waals surface area contributed by atoms with Gasteiger partial charge in [0.1, 0.15) is 11.5 Å². The predicted octanol–water partition coefficient (Wildman–Crippen LogP) is 2.58. The molecule has 8 heteroatoms. The van der Waals surface area contributed by atoms with Gasteiger partial charge in [0.15, 0.2) is 11.7 Å². The minimum atomic E-state index is -0.344. The second-order valence-corrected chi connectivity index (χ2v) is 6.11. The molecule has 0 bridgehead atoms. The van der Waals surface area contributed by atoms with Gasteiger partial charge in [0.05, 0.1) is 25.8 Å². The van der Waals surface area contributed by atoms with Crippen LogP contribution in [0.1, 0.15) is 17.5 Å². The second-order valence-electron chi connectivity index (χ2n) is 5.02. The van der Waals surface area contributed by atoms with E-state index in [0.29, 0.717) is 23.2 Å². The van der Waals surface area contributed by atoms with Crippen molar-refractivity contribution in [1.82, 2.24) is 4.98 Å². The van der Waals surface area contributed by atoms with E-state index in [0.717, 1.165) is 10.6 Å². The Balaban J connectivity index is 1.85. The molecule has 0 saturated heterocycles. The molecule has 1 aromatic heterocycles. The number of nitrogens with one attached hydrogen (secondary N) is 1. The van der Waals surface area contributed by atoms with Crippen molar-refractivity contribution < 1.29 is 23.8 Å². The number of amides is 1. The summed E-state index contributed by atoms with van der Waals surface area (Å²) in [5.74, 6) is 0.645. The summed E-state index contributed by atoms with van der Waals surface area (Å²) in [5.41, 5.74) is 0.693. The van der Waals surface area contributed by atoms with E-state index in [1.54, 1.807) is 31.2 Å². The Morgan fingerprint density at radius 2 is 1.80 bits per heavy atom. The Morgan fingerprint density at radius 3 is 2.40 bits per heavy atom. The molecule has 0 radical (unpaired) electrons. The molecule has 0 saturated carbocycles. The van der Waals surface area contributed by atoms with E-state index in [9.17, 15) is 9.59 Å². The maximum atomic E-state index is 12.0. The summed E-state index contributed by atoms with van der Waals surface area (Å²) in [5, 5.41) is 3.09. The minimum Gasteiger partial charge on any atom is -0.494 e. The van der Waals surface area contributed by atoms with Crippen LogP contribution in [0.4, 0.5) is 5.13 Å². The zero-order valence-electron chi connectivity index (χ0n) is 14.3. The lowest BCUT2D eigenvalue weighted by Crippen LogP contribution is -2.20. The van der Waals surface area contributed by atoms with Crippen molar-refractivity contribution in [1.29, 1.82) is 0 Å². The lowest BCUT2D eigenvalue weighted by Gasteiger charge is -2.07. The van der Waals surface area contributed by atoms with Gasteiger partial charge in [-0.3, -0.25) is 14.9 Å². The van der Waals surface area contributed by atoms with E-state index in [1.807, 2.05) is 6.92 Å². The van der Waals surface area contributed by atoms with Gasteiger partial charge < -0.3 is 14.2 Å². The van der Waals surface area contributed by atoms with Crippen LogP contribution in [0.15, 0.2) is 24.3 Å². The van der Waals surface area contributed by atoms with Crippen LogP contribution in [0.3, 0.4) is 0 Å². The van der Waals surface area contributed by atoms with Crippen LogP contribution in [-0.4, -0.2) is 37.2 Å². The number of carbonyl (C=O) groups is 2. The number of rotatable bonds is 8. The Labute approximate surface area is 149 Å². The standard InChI is InChI=1S/C17H20N2O5S/c1-4-23-12-5-7-13(8-6-12)24-10-15(20)19-17-18-11(2)14(25-17)9-16(21)22-3/h5-8H,4,9-10H2,1-3H3,(H,18,19,20). The molecular weight excluding hydrogens is 344 g/mol. The highest BCUT2D eigenvalue weighted by molar-refractivity contribution is 7.16. The average molecular weight is 364 g/mol. The van der Waals surface area contributed by atoms with Gasteiger partial charge in [-0.2, -0.15) is 0 Å². The number of aryl methyl sites for hydroxylation is 1. The highest BCUT2D eigenvalue weighted by Crippen LogP contribution is 2.23. The largest absolute Gasteiger partial charge is 0.494 e. The first-order valence-electron chi connectivity index (χ1n) is 7.70. The monoisotopic (exact) mass is 364 g/mol. The van der Waals surface area contributed by atoms with Gasteiger partial charge >= 0.3 is 5.97 Å². The number of benzene rings is 1. The van der Waals surface area contributed by atoms with Gasteiger partial charge in [-0.05, 0) is 38.1 Å². The molecular formula is C17H20N2O5S. The van der Waals surface area contributed by atoms with E-state index in [4.69, 9.17) is 9.47 Å². The smallest absolute Gasteiger partial charge is 0.310 e. The number of ether oxygens (including phenoxy) is 3. The number of carbonyl (C=O) groups excluding carboxylic acids is 2. The fourth-order valence-electron chi connectivity index (χ4n) is 1.95. The van der Waals surface area contributed by atoms with Crippen molar-refractivity contribution in [2.45, 2.75) is 20.3 Å². The van der Waals surface area contributed by atoms with Gasteiger partial charge in [-0.25, -0.2) is 4.98 Å². The summed E-state index contributed by atoms with van der Waals surface area (Å²) < 4.78 is 15.4. The predicted molar refractivity (Wildman–Crippen MR) is 94.3 cm³/mol. The molecule has 1 aromatic carbocycles. The zero-order valence-corrected chi connectivity index (χ0v) is 15.1. The molecule has 2 aromatic rings. The normalized spacial score (nSPS) is 10.2. The summed E-state index contributed by atoms with van der Waals surface area (Å²) in [7, 11) is 1.33. The quantitative estimate of drug-likeness (QED) is 0.725. The Kier molecular flexibility index (Phi) is 6.76. The maximum Gasteiger partial charge on any atom is 0.310 e. The van der Waals surface area contributed by atoms with Crippen LogP contribution in [0.2, 0.25) is 0 Å². The summed E-state index contributed by atoms with van der Waals surface area (Å²) in [6, 6.07) is 7.03. The lowest BCUT2D eigenvalue weighted by molar-refractivity contribution is -0.139. The van der Waals surface area contributed by atoms with Gasteiger partial charge in [0, 0.05) is 4.88 Å². The Morgan fingerprint density at radius 1 is 1.16 bits per heavy atom. The number of aromatic nitrogens is 1. The molecule has 0 aliphatic heterocycles. The molecule has 2 rings (SSSR count). The van der Waals surface area contributed by atoms with E-state index >= 15 is 0 Å². The first-order chi connectivity index (χ1) is 12.0. The van der Waals surface area contributed by atoms with Crippen LogP contribution in [0, 0.1) is 6.92 Å². The lowest BCUT2D eigenvalue weighted by atomic mass is 10.3. The maximum absolute atomic E-state index is 12.0. The zero-order chi connectivity index (χ0) is 18.2. The summed E-state index contributed by atoms with van der Waals surface area (Å²) in [6.45, 7) is 4.14. The van der Waals surface area contributed by atoms with Crippen LogP contribution in [-0.2, 0) is 20.7 Å². The molecule has 1 N–H and O–H groups in total. The van der Waals surface area contributed by atoms with Crippen molar-refractivity contribution in [2.24, 2.45) is 0 Å². The summed E-state index contributed by atoms with van der Waals surface area (Å²) >= 11 is 1.24. The molecule has 0 aliphatic carbocycles. The Hall–Kier alpha value is -2.61. The number of nitrogens with zero attached hydrogens (tertiary/aromatic N) is 1. The minimum absolute atomic E-state index is 0.137. The van der Waals surface area contributed by atoms with E-state index < -0.39 is 0 Å². The average Bonchev–Trinajstić information content (AvgIpc) is 2.93. The molecule has 7 nitrogen and oxygen atoms in total. The Bertz CT molecular complexity index is 727. The molecule has 1 heterocycles. The van der Waals surface area contributed by atoms with Crippen molar-refractivity contribution in [3.8, 4) is 11.5 Å². The number of thiazole rings is 1.